The summed E-state index contributed by atoms with van der Waals surface area (Å²) in [7, 11) is 0. The average Bonchev–Trinajstić information content (AvgIpc) is 2.77. The first kappa shape index (κ1) is 12.1. The molecule has 0 N–H and O–H groups in total. The monoisotopic (exact) mass is 260 g/mol. The van der Waals surface area contributed by atoms with E-state index in [0.29, 0.717) is 17.7 Å². The zero-order valence-electron chi connectivity index (χ0n) is 10.7. The third-order valence-corrected chi connectivity index (χ3v) is 4.18. The van der Waals surface area contributed by atoms with Gasteiger partial charge in [0, 0.05) is 12.1 Å². The van der Waals surface area contributed by atoms with Gasteiger partial charge >= 0.3 is 0 Å². The van der Waals surface area contributed by atoms with Crippen LogP contribution in [-0.4, -0.2) is 21.8 Å². The molecule has 1 aromatic carbocycles. The van der Waals surface area contributed by atoms with Gasteiger partial charge in [0.05, 0.1) is 22.6 Å². The maximum Gasteiger partial charge on any atom is 0.275 e. The molecule has 5 heteroatoms. The highest BCUT2D eigenvalue weighted by Crippen LogP contribution is 2.34. The van der Waals surface area contributed by atoms with Crippen LogP contribution in [0.3, 0.4) is 0 Å². The molecule has 2 aliphatic rings. The van der Waals surface area contributed by atoms with Gasteiger partial charge in [0.1, 0.15) is 0 Å². The van der Waals surface area contributed by atoms with E-state index in [1.165, 1.54) is 12.5 Å². The van der Waals surface area contributed by atoms with Crippen molar-refractivity contribution >= 4 is 11.6 Å². The van der Waals surface area contributed by atoms with Gasteiger partial charge in [0.15, 0.2) is 0 Å². The SMILES string of the molecule is O=C1c2cccc([N+](=O)[O-])c2CN1C1CCCCC1. The second-order valence-corrected chi connectivity index (χ2v) is 5.29. The molecule has 5 nitrogen and oxygen atoms in total. The predicted octanol–water partition coefficient (Wildman–Crippen LogP) is 2.88. The lowest BCUT2D eigenvalue weighted by Crippen LogP contribution is -2.36. The minimum absolute atomic E-state index is 0.0365. The Bertz CT molecular complexity index is 535. The van der Waals surface area contributed by atoms with Crippen molar-refractivity contribution in [3.63, 3.8) is 0 Å². The summed E-state index contributed by atoms with van der Waals surface area (Å²) in [6.45, 7) is 0.399. The lowest BCUT2D eigenvalue weighted by molar-refractivity contribution is -0.385. The molecule has 0 spiro atoms. The van der Waals surface area contributed by atoms with Crippen molar-refractivity contribution in [2.24, 2.45) is 0 Å². The van der Waals surface area contributed by atoms with Crippen LogP contribution in [0.5, 0.6) is 0 Å². The van der Waals surface area contributed by atoms with E-state index in [9.17, 15) is 14.9 Å². The van der Waals surface area contributed by atoms with Gasteiger partial charge in [-0.25, -0.2) is 0 Å². The van der Waals surface area contributed by atoms with Crippen LogP contribution in [0.15, 0.2) is 18.2 Å². The van der Waals surface area contributed by atoms with Crippen molar-refractivity contribution in [3.8, 4) is 0 Å². The summed E-state index contributed by atoms with van der Waals surface area (Å²) in [5.74, 6) is -0.0365. The maximum absolute atomic E-state index is 12.4. The standard InChI is InChI=1S/C14H16N2O3/c17-14-11-7-4-8-13(16(18)19)12(11)9-15(14)10-5-2-1-3-6-10/h4,7-8,10H,1-3,5-6,9H2. The largest absolute Gasteiger partial charge is 0.331 e. The van der Waals surface area contributed by atoms with E-state index in [-0.39, 0.29) is 17.6 Å². The van der Waals surface area contributed by atoms with Gasteiger partial charge < -0.3 is 4.90 Å². The van der Waals surface area contributed by atoms with Crippen LogP contribution < -0.4 is 0 Å². The van der Waals surface area contributed by atoms with Gasteiger partial charge in [-0.1, -0.05) is 25.3 Å². The number of nitrogens with zero attached hydrogens (tertiary/aromatic N) is 2. The molecule has 1 aliphatic heterocycles. The Kier molecular flexibility index (Phi) is 2.97. The maximum atomic E-state index is 12.4. The van der Waals surface area contributed by atoms with E-state index in [1.807, 2.05) is 4.90 Å². The fraction of sp³-hybridized carbons (Fsp3) is 0.500. The molecule has 0 unspecified atom stereocenters. The lowest BCUT2D eigenvalue weighted by atomic mass is 9.94. The van der Waals surface area contributed by atoms with Crippen molar-refractivity contribution in [1.82, 2.24) is 4.90 Å². The highest BCUT2D eigenvalue weighted by Gasteiger charge is 2.36. The van der Waals surface area contributed by atoms with E-state index < -0.39 is 4.92 Å². The predicted molar refractivity (Wildman–Crippen MR) is 69.8 cm³/mol. The van der Waals surface area contributed by atoms with Gasteiger partial charge in [-0.2, -0.15) is 0 Å². The Balaban J connectivity index is 1.92. The molecule has 0 radical (unpaired) electrons. The summed E-state index contributed by atoms with van der Waals surface area (Å²) in [5, 5.41) is 11.0. The zero-order valence-corrected chi connectivity index (χ0v) is 10.7. The average molecular weight is 260 g/mol. The van der Waals surface area contributed by atoms with E-state index in [4.69, 9.17) is 0 Å². The molecule has 100 valence electrons. The Morgan fingerprint density at radius 2 is 1.95 bits per heavy atom. The summed E-state index contributed by atoms with van der Waals surface area (Å²) in [4.78, 5) is 24.8. The molecule has 1 heterocycles. The fourth-order valence-electron chi connectivity index (χ4n) is 3.20. The number of fused-ring (bicyclic) bond motifs is 1. The number of nitro groups is 1. The fourth-order valence-corrected chi connectivity index (χ4v) is 3.20. The van der Waals surface area contributed by atoms with Crippen molar-refractivity contribution in [3.05, 3.63) is 39.4 Å². The first-order valence-corrected chi connectivity index (χ1v) is 6.75. The van der Waals surface area contributed by atoms with Crippen LogP contribution in [0.25, 0.3) is 0 Å². The molecule has 0 saturated heterocycles. The number of rotatable bonds is 2. The van der Waals surface area contributed by atoms with Gasteiger partial charge in [-0.05, 0) is 18.9 Å². The van der Waals surface area contributed by atoms with Crippen LogP contribution in [-0.2, 0) is 6.54 Å². The third-order valence-electron chi connectivity index (χ3n) is 4.18. The number of amides is 1. The first-order chi connectivity index (χ1) is 9.18. The molecule has 19 heavy (non-hydrogen) atoms. The molecule has 1 saturated carbocycles. The van der Waals surface area contributed by atoms with Crippen molar-refractivity contribution in [2.75, 3.05) is 0 Å². The summed E-state index contributed by atoms with van der Waals surface area (Å²) in [6.07, 6.45) is 5.56. The molecule has 3 rings (SSSR count). The van der Waals surface area contributed by atoms with E-state index >= 15 is 0 Å². The lowest BCUT2D eigenvalue weighted by Gasteiger charge is -2.30. The van der Waals surface area contributed by atoms with Gasteiger partial charge in [-0.15, -0.1) is 0 Å². The Morgan fingerprint density at radius 1 is 1.21 bits per heavy atom. The molecule has 1 aliphatic carbocycles. The molecule has 0 aromatic heterocycles. The number of hydrogen-bond donors (Lipinski definition) is 0. The minimum Gasteiger partial charge on any atom is -0.331 e. The highest BCUT2D eigenvalue weighted by molar-refractivity contribution is 5.99. The number of nitro benzene ring substituents is 1. The quantitative estimate of drug-likeness (QED) is 0.606. The second kappa shape index (κ2) is 4.64. The van der Waals surface area contributed by atoms with Crippen molar-refractivity contribution in [1.29, 1.82) is 0 Å². The third kappa shape index (κ3) is 1.99. The second-order valence-electron chi connectivity index (χ2n) is 5.29. The van der Waals surface area contributed by atoms with Crippen LogP contribution in [0.4, 0.5) is 5.69 Å². The van der Waals surface area contributed by atoms with Crippen LogP contribution >= 0.6 is 0 Å². The summed E-state index contributed by atoms with van der Waals surface area (Å²) in [6, 6.07) is 5.04. The Labute approximate surface area is 111 Å². The van der Waals surface area contributed by atoms with Crippen molar-refractivity contribution in [2.45, 2.75) is 44.7 Å². The van der Waals surface area contributed by atoms with Gasteiger partial charge in [0.2, 0.25) is 0 Å². The highest BCUT2D eigenvalue weighted by atomic mass is 16.6. The zero-order chi connectivity index (χ0) is 13.4. The van der Waals surface area contributed by atoms with Gasteiger partial charge in [0.25, 0.3) is 11.6 Å². The molecule has 0 atom stereocenters. The molecule has 1 amide bonds. The molecular formula is C14H16N2O3. The van der Waals surface area contributed by atoms with E-state index in [2.05, 4.69) is 0 Å². The number of hydrogen-bond acceptors (Lipinski definition) is 3. The van der Waals surface area contributed by atoms with Crippen LogP contribution in [0, 0.1) is 10.1 Å². The van der Waals surface area contributed by atoms with Crippen LogP contribution in [0.1, 0.15) is 48.0 Å². The topological polar surface area (TPSA) is 63.4 Å². The molecule has 0 bridgehead atoms. The molecule has 1 fully saturated rings. The number of benzene rings is 1. The van der Waals surface area contributed by atoms with Crippen molar-refractivity contribution < 1.29 is 9.72 Å². The number of carbonyl (C=O) groups is 1. The van der Waals surface area contributed by atoms with Gasteiger partial charge in [-0.3, -0.25) is 14.9 Å². The Morgan fingerprint density at radius 3 is 2.63 bits per heavy atom. The van der Waals surface area contributed by atoms with E-state index in [1.54, 1.807) is 12.1 Å². The minimum atomic E-state index is -0.392. The molecular weight excluding hydrogens is 244 g/mol. The van der Waals surface area contributed by atoms with Crippen LogP contribution in [0.2, 0.25) is 0 Å². The molecule has 1 aromatic rings. The normalized spacial score (nSPS) is 19.6. The Hall–Kier alpha value is -1.91. The number of carbonyl (C=O) groups excluding carboxylic acids is 1. The smallest absolute Gasteiger partial charge is 0.275 e. The summed E-state index contributed by atoms with van der Waals surface area (Å²) < 4.78 is 0. The first-order valence-electron chi connectivity index (χ1n) is 6.75. The summed E-state index contributed by atoms with van der Waals surface area (Å²) in [5.41, 5.74) is 1.17. The summed E-state index contributed by atoms with van der Waals surface area (Å²) >= 11 is 0. The van der Waals surface area contributed by atoms with E-state index in [0.717, 1.165) is 25.7 Å².